The summed E-state index contributed by atoms with van der Waals surface area (Å²) in [5, 5.41) is 15.4. The molecule has 2 N–H and O–H groups in total. The second-order valence-corrected chi connectivity index (χ2v) is 7.49. The first-order valence-corrected chi connectivity index (χ1v) is 10.3. The number of halogens is 1. The fourth-order valence-corrected chi connectivity index (χ4v) is 3.44. The smallest absolute Gasteiger partial charge is 0.192 e. The molecule has 0 amide bonds. The number of rotatable bonds is 7. The van der Waals surface area contributed by atoms with Gasteiger partial charge in [0.05, 0.1) is 6.04 Å². The average molecular weight is 511 g/mol. The zero-order chi connectivity index (χ0) is 19.8. The Hall–Kier alpha value is -1.68. The predicted molar refractivity (Wildman–Crippen MR) is 129 cm³/mol. The molecule has 160 valence electrons. The highest BCUT2D eigenvalue weighted by Crippen LogP contribution is 2.11. The van der Waals surface area contributed by atoms with Crippen LogP contribution in [0.4, 0.5) is 0 Å². The summed E-state index contributed by atoms with van der Waals surface area (Å²) in [6.45, 7) is 8.95. The van der Waals surface area contributed by atoms with Crippen molar-refractivity contribution in [1.82, 2.24) is 30.3 Å². The number of likely N-dealkylation sites (tertiary alicyclic amines) is 1. The molecule has 2 heterocycles. The number of nitrogens with one attached hydrogen (secondary N) is 2. The minimum absolute atomic E-state index is 0. The maximum atomic E-state index is 4.77. The molecule has 1 aromatic heterocycles. The van der Waals surface area contributed by atoms with Crippen LogP contribution in [0.3, 0.4) is 0 Å². The van der Waals surface area contributed by atoms with E-state index in [-0.39, 0.29) is 30.0 Å². The Morgan fingerprint density at radius 2 is 1.86 bits per heavy atom. The van der Waals surface area contributed by atoms with Gasteiger partial charge in [-0.05, 0) is 45.3 Å². The molecular weight excluding hydrogens is 477 g/mol. The van der Waals surface area contributed by atoms with Gasteiger partial charge >= 0.3 is 0 Å². The third-order valence-corrected chi connectivity index (χ3v) is 5.38. The fourth-order valence-electron chi connectivity index (χ4n) is 3.44. The van der Waals surface area contributed by atoms with Crippen LogP contribution in [0.25, 0.3) is 0 Å². The van der Waals surface area contributed by atoms with Crippen molar-refractivity contribution in [2.45, 2.75) is 45.7 Å². The number of benzene rings is 1. The lowest BCUT2D eigenvalue weighted by Crippen LogP contribution is -2.43. The lowest BCUT2D eigenvalue weighted by molar-refractivity contribution is 0.232. The summed E-state index contributed by atoms with van der Waals surface area (Å²) in [5.74, 6) is 2.58. The molecule has 0 radical (unpaired) electrons. The first-order valence-electron chi connectivity index (χ1n) is 10.3. The lowest BCUT2D eigenvalue weighted by atomic mass is 10.1. The predicted octanol–water partition coefficient (Wildman–Crippen LogP) is 3.02. The second kappa shape index (κ2) is 12.1. The van der Waals surface area contributed by atoms with Gasteiger partial charge in [0.2, 0.25) is 0 Å². The molecule has 7 nitrogen and oxygen atoms in total. The molecule has 0 saturated carbocycles. The molecule has 29 heavy (non-hydrogen) atoms. The summed E-state index contributed by atoms with van der Waals surface area (Å²) in [6, 6.07) is 10.6. The molecule has 2 aromatic rings. The molecular formula is C21H34IN7. The first-order chi connectivity index (χ1) is 13.6. The van der Waals surface area contributed by atoms with Crippen molar-refractivity contribution in [2.24, 2.45) is 12.0 Å². The van der Waals surface area contributed by atoms with E-state index < -0.39 is 0 Å². The summed E-state index contributed by atoms with van der Waals surface area (Å²) >= 11 is 0. The van der Waals surface area contributed by atoms with E-state index >= 15 is 0 Å². The summed E-state index contributed by atoms with van der Waals surface area (Å²) in [5.41, 5.74) is 1.24. The molecule has 8 heteroatoms. The van der Waals surface area contributed by atoms with Crippen molar-refractivity contribution in [3.8, 4) is 0 Å². The van der Waals surface area contributed by atoms with Gasteiger partial charge in [0.25, 0.3) is 0 Å². The number of aryl methyl sites for hydroxylation is 1. The van der Waals surface area contributed by atoms with Gasteiger partial charge in [0.15, 0.2) is 11.8 Å². The van der Waals surface area contributed by atoms with Gasteiger partial charge in [-0.25, -0.2) is 4.99 Å². The van der Waals surface area contributed by atoms with E-state index in [0.29, 0.717) is 6.54 Å². The third kappa shape index (κ3) is 7.26. The summed E-state index contributed by atoms with van der Waals surface area (Å²) in [7, 11) is 1.98. The molecule has 1 aliphatic heterocycles. The average Bonchev–Trinajstić information content (AvgIpc) is 3.05. The number of aromatic nitrogens is 3. The van der Waals surface area contributed by atoms with Crippen LogP contribution in [0.2, 0.25) is 0 Å². The summed E-state index contributed by atoms with van der Waals surface area (Å²) < 4.78 is 1.98. The summed E-state index contributed by atoms with van der Waals surface area (Å²) in [4.78, 5) is 7.30. The topological polar surface area (TPSA) is 70.4 Å². The van der Waals surface area contributed by atoms with E-state index in [1.54, 1.807) is 0 Å². The van der Waals surface area contributed by atoms with E-state index in [1.165, 1.54) is 37.9 Å². The Balaban J connectivity index is 0.00000300. The minimum atomic E-state index is 0. The van der Waals surface area contributed by atoms with Crippen LogP contribution in [-0.2, 0) is 13.6 Å². The van der Waals surface area contributed by atoms with Crippen molar-refractivity contribution in [2.75, 3.05) is 26.2 Å². The quantitative estimate of drug-likeness (QED) is 0.340. The Kier molecular flexibility index (Phi) is 9.86. The van der Waals surface area contributed by atoms with Crippen molar-refractivity contribution < 1.29 is 0 Å². The van der Waals surface area contributed by atoms with Crippen LogP contribution in [0.5, 0.6) is 0 Å². The monoisotopic (exact) mass is 511 g/mol. The lowest BCUT2D eigenvalue weighted by Gasteiger charge is -2.27. The van der Waals surface area contributed by atoms with Gasteiger partial charge in [-0.2, -0.15) is 0 Å². The van der Waals surface area contributed by atoms with Crippen molar-refractivity contribution in [3.63, 3.8) is 0 Å². The third-order valence-electron chi connectivity index (χ3n) is 5.38. The molecule has 1 fully saturated rings. The molecule has 3 rings (SSSR count). The zero-order valence-corrected chi connectivity index (χ0v) is 20.1. The van der Waals surface area contributed by atoms with Gasteiger partial charge in [-0.3, -0.25) is 0 Å². The van der Waals surface area contributed by atoms with Gasteiger partial charge in [0.1, 0.15) is 12.4 Å². The van der Waals surface area contributed by atoms with Gasteiger partial charge in [0, 0.05) is 20.1 Å². The summed E-state index contributed by atoms with van der Waals surface area (Å²) in [6.07, 6.45) is 4.00. The number of hydrogen-bond acceptors (Lipinski definition) is 4. The highest BCUT2D eigenvalue weighted by molar-refractivity contribution is 14.0. The van der Waals surface area contributed by atoms with E-state index in [4.69, 9.17) is 4.99 Å². The van der Waals surface area contributed by atoms with Gasteiger partial charge in [-0.1, -0.05) is 36.8 Å². The van der Waals surface area contributed by atoms with Crippen LogP contribution in [0, 0.1) is 6.92 Å². The van der Waals surface area contributed by atoms with Crippen LogP contribution in [-0.4, -0.2) is 51.8 Å². The maximum Gasteiger partial charge on any atom is 0.192 e. The maximum absolute atomic E-state index is 4.77. The molecule has 0 aliphatic carbocycles. The van der Waals surface area contributed by atoms with Gasteiger partial charge in [-0.15, -0.1) is 34.2 Å². The van der Waals surface area contributed by atoms with E-state index in [0.717, 1.165) is 30.7 Å². The van der Waals surface area contributed by atoms with Gasteiger partial charge < -0.3 is 20.1 Å². The highest BCUT2D eigenvalue weighted by Gasteiger charge is 2.12. The normalized spacial score (nSPS) is 16.2. The van der Waals surface area contributed by atoms with E-state index in [1.807, 2.05) is 24.6 Å². The highest BCUT2D eigenvalue weighted by atomic mass is 127. The van der Waals surface area contributed by atoms with Crippen LogP contribution in [0.15, 0.2) is 35.3 Å². The molecule has 1 atom stereocenters. The first kappa shape index (κ1) is 23.6. The molecule has 1 saturated heterocycles. The van der Waals surface area contributed by atoms with Crippen LogP contribution >= 0.6 is 24.0 Å². The SMILES string of the molecule is Cc1nnc(CN=C(NCCN2CCCCC2)NC(C)c2ccccc2)n1C.I. The van der Waals surface area contributed by atoms with Crippen LogP contribution < -0.4 is 10.6 Å². The molecule has 0 spiro atoms. The number of guanidine groups is 1. The molecule has 0 bridgehead atoms. The molecule has 1 unspecified atom stereocenters. The van der Waals surface area contributed by atoms with E-state index in [2.05, 4.69) is 56.9 Å². The van der Waals surface area contributed by atoms with Crippen molar-refractivity contribution in [1.29, 1.82) is 0 Å². The number of piperidine rings is 1. The minimum Gasteiger partial charge on any atom is -0.355 e. The Labute approximate surface area is 191 Å². The largest absolute Gasteiger partial charge is 0.355 e. The second-order valence-electron chi connectivity index (χ2n) is 7.49. The van der Waals surface area contributed by atoms with Crippen molar-refractivity contribution >= 4 is 29.9 Å². The van der Waals surface area contributed by atoms with Crippen LogP contribution in [0.1, 0.15) is 49.4 Å². The van der Waals surface area contributed by atoms with E-state index in [9.17, 15) is 0 Å². The fraction of sp³-hybridized carbons (Fsp3) is 0.571. The Bertz CT molecular complexity index is 754. The Morgan fingerprint density at radius 3 is 2.52 bits per heavy atom. The number of aliphatic imine (C=N–C) groups is 1. The van der Waals surface area contributed by atoms with Crippen molar-refractivity contribution in [3.05, 3.63) is 47.5 Å². The molecule has 1 aliphatic rings. The number of hydrogen-bond donors (Lipinski definition) is 2. The zero-order valence-electron chi connectivity index (χ0n) is 17.8. The Morgan fingerprint density at radius 1 is 1.14 bits per heavy atom. The number of nitrogens with zero attached hydrogens (tertiary/aromatic N) is 5. The molecule has 1 aromatic carbocycles. The standard InChI is InChI=1S/C21H33N7.HI/c1-17(19-10-6-4-7-11-19)24-21(22-12-15-28-13-8-5-9-14-28)23-16-20-26-25-18(2)27(20)3;/h4,6-7,10-11,17H,5,8-9,12-16H2,1-3H3,(H2,22,23,24);1H.